The van der Waals surface area contributed by atoms with E-state index in [1.165, 1.54) is 12.1 Å². The first-order chi connectivity index (χ1) is 12.1. The summed E-state index contributed by atoms with van der Waals surface area (Å²) in [5, 5.41) is 0. The Hall–Kier alpha value is -2.95. The van der Waals surface area contributed by atoms with Crippen LogP contribution in [-0.2, 0) is 4.79 Å². The molecule has 0 bridgehead atoms. The normalized spacial score (nSPS) is 14.3. The Balaban J connectivity index is 1.72. The highest BCUT2D eigenvalue weighted by Gasteiger charge is 2.24. The number of amides is 2. The van der Waals surface area contributed by atoms with Crippen molar-refractivity contribution in [2.75, 3.05) is 26.2 Å². The number of piperazine rings is 1. The summed E-state index contributed by atoms with van der Waals surface area (Å²) in [5.74, 6) is -0.771. The molecule has 1 fully saturated rings. The van der Waals surface area contributed by atoms with Crippen LogP contribution in [0.5, 0.6) is 0 Å². The Labute approximate surface area is 146 Å². The predicted octanol–water partition coefficient (Wildman–Crippen LogP) is 2.96. The molecular weight excluding hydrogens is 319 g/mol. The molecule has 5 heteroatoms. The molecule has 0 radical (unpaired) electrons. The zero-order chi connectivity index (χ0) is 17.8. The second-order valence-corrected chi connectivity index (χ2v) is 5.88. The lowest BCUT2D eigenvalue weighted by Gasteiger charge is -2.34. The lowest BCUT2D eigenvalue weighted by molar-refractivity contribution is -0.127. The number of nitrogens with zero attached hydrogens (tertiary/aromatic N) is 2. The quantitative estimate of drug-likeness (QED) is 0.808. The topological polar surface area (TPSA) is 40.6 Å². The molecule has 0 atom stereocenters. The van der Waals surface area contributed by atoms with Crippen molar-refractivity contribution in [2.24, 2.45) is 0 Å². The second kappa shape index (κ2) is 7.30. The van der Waals surface area contributed by atoms with E-state index in [1.807, 2.05) is 30.3 Å². The summed E-state index contributed by atoms with van der Waals surface area (Å²) in [6, 6.07) is 13.8. The summed E-state index contributed by atoms with van der Waals surface area (Å²) >= 11 is 0. The highest BCUT2D eigenvalue weighted by Crippen LogP contribution is 2.24. The summed E-state index contributed by atoms with van der Waals surface area (Å²) in [6.07, 6.45) is 1.27. The second-order valence-electron chi connectivity index (χ2n) is 5.88. The monoisotopic (exact) mass is 338 g/mol. The Bertz CT molecular complexity index is 797. The third-order valence-electron chi connectivity index (χ3n) is 4.35. The highest BCUT2D eigenvalue weighted by molar-refractivity contribution is 5.95. The van der Waals surface area contributed by atoms with E-state index in [4.69, 9.17) is 0 Å². The van der Waals surface area contributed by atoms with Crippen LogP contribution in [0.2, 0.25) is 0 Å². The molecule has 4 nitrogen and oxygen atoms in total. The highest BCUT2D eigenvalue weighted by atomic mass is 19.1. The van der Waals surface area contributed by atoms with Gasteiger partial charge >= 0.3 is 0 Å². The Kier molecular flexibility index (Phi) is 4.93. The molecule has 0 saturated carbocycles. The van der Waals surface area contributed by atoms with Gasteiger partial charge in [-0.3, -0.25) is 9.59 Å². The van der Waals surface area contributed by atoms with Crippen molar-refractivity contribution in [1.29, 1.82) is 0 Å². The van der Waals surface area contributed by atoms with Crippen LogP contribution in [0.25, 0.3) is 11.1 Å². The third kappa shape index (κ3) is 3.60. The van der Waals surface area contributed by atoms with Gasteiger partial charge in [-0.15, -0.1) is 0 Å². The molecule has 0 aliphatic carbocycles. The number of benzene rings is 2. The first-order valence-electron chi connectivity index (χ1n) is 8.15. The van der Waals surface area contributed by atoms with Crippen LogP contribution in [0.1, 0.15) is 10.4 Å². The van der Waals surface area contributed by atoms with Gasteiger partial charge in [0.25, 0.3) is 5.91 Å². The van der Waals surface area contributed by atoms with Gasteiger partial charge in [-0.25, -0.2) is 4.39 Å². The van der Waals surface area contributed by atoms with Gasteiger partial charge in [0, 0.05) is 37.3 Å². The molecule has 128 valence electrons. The molecule has 2 amide bonds. The smallest absolute Gasteiger partial charge is 0.254 e. The molecule has 2 aromatic carbocycles. The molecule has 0 unspecified atom stereocenters. The van der Waals surface area contributed by atoms with Crippen molar-refractivity contribution in [3.63, 3.8) is 0 Å². The van der Waals surface area contributed by atoms with Crippen molar-refractivity contribution < 1.29 is 14.0 Å². The first-order valence-corrected chi connectivity index (χ1v) is 8.15. The lowest BCUT2D eigenvalue weighted by atomic mass is 10.0. The fraction of sp³-hybridized carbons (Fsp3) is 0.200. The summed E-state index contributed by atoms with van der Waals surface area (Å²) < 4.78 is 14.4. The molecule has 1 saturated heterocycles. The molecule has 2 aromatic rings. The van der Waals surface area contributed by atoms with E-state index in [1.54, 1.807) is 21.9 Å². The van der Waals surface area contributed by atoms with Crippen LogP contribution >= 0.6 is 0 Å². The summed E-state index contributed by atoms with van der Waals surface area (Å²) in [5.41, 5.74) is 1.56. The number of carbonyl (C=O) groups is 2. The maximum Gasteiger partial charge on any atom is 0.254 e. The van der Waals surface area contributed by atoms with Gasteiger partial charge in [0.15, 0.2) is 0 Å². The van der Waals surface area contributed by atoms with Gasteiger partial charge in [0.2, 0.25) is 5.91 Å². The van der Waals surface area contributed by atoms with Crippen LogP contribution in [0.4, 0.5) is 4.39 Å². The maximum atomic E-state index is 14.4. The van der Waals surface area contributed by atoms with Crippen LogP contribution in [0, 0.1) is 5.82 Å². The van der Waals surface area contributed by atoms with Crippen molar-refractivity contribution in [3.05, 3.63) is 72.6 Å². The molecular formula is C20H19FN2O2. The molecule has 0 spiro atoms. The van der Waals surface area contributed by atoms with Gasteiger partial charge in [0.1, 0.15) is 5.82 Å². The predicted molar refractivity (Wildman–Crippen MR) is 94.5 cm³/mol. The van der Waals surface area contributed by atoms with Gasteiger partial charge in [-0.2, -0.15) is 0 Å². The van der Waals surface area contributed by atoms with E-state index >= 15 is 0 Å². The minimum Gasteiger partial charge on any atom is -0.336 e. The lowest BCUT2D eigenvalue weighted by Crippen LogP contribution is -2.50. The average Bonchev–Trinajstić information content (AvgIpc) is 2.67. The molecule has 0 N–H and O–H groups in total. The summed E-state index contributed by atoms with van der Waals surface area (Å²) in [4.78, 5) is 27.5. The molecule has 25 heavy (non-hydrogen) atoms. The third-order valence-corrected chi connectivity index (χ3v) is 4.35. The van der Waals surface area contributed by atoms with E-state index in [0.717, 1.165) is 5.56 Å². The first kappa shape index (κ1) is 16.9. The zero-order valence-electron chi connectivity index (χ0n) is 13.8. The SMILES string of the molecule is C=CC(=O)N1CCN(C(=O)c2ccc(-c3ccccc3)c(F)c2)CC1. The molecule has 1 heterocycles. The van der Waals surface area contributed by atoms with Crippen LogP contribution in [0.3, 0.4) is 0 Å². The summed E-state index contributed by atoms with van der Waals surface area (Å²) in [7, 11) is 0. The number of hydrogen-bond donors (Lipinski definition) is 0. The van der Waals surface area contributed by atoms with E-state index < -0.39 is 5.82 Å². The van der Waals surface area contributed by atoms with Gasteiger partial charge in [-0.05, 0) is 23.8 Å². The van der Waals surface area contributed by atoms with Crippen molar-refractivity contribution in [2.45, 2.75) is 0 Å². The van der Waals surface area contributed by atoms with Gasteiger partial charge in [-0.1, -0.05) is 43.0 Å². The fourth-order valence-electron chi connectivity index (χ4n) is 2.94. The molecule has 1 aliphatic rings. The number of hydrogen-bond acceptors (Lipinski definition) is 2. The largest absolute Gasteiger partial charge is 0.336 e. The van der Waals surface area contributed by atoms with E-state index in [0.29, 0.717) is 37.3 Å². The van der Waals surface area contributed by atoms with E-state index in [-0.39, 0.29) is 11.8 Å². The minimum absolute atomic E-state index is 0.134. The zero-order valence-corrected chi connectivity index (χ0v) is 13.8. The van der Waals surface area contributed by atoms with Crippen LogP contribution < -0.4 is 0 Å². The Morgan fingerprint density at radius 1 is 0.960 bits per heavy atom. The van der Waals surface area contributed by atoms with Crippen LogP contribution in [0.15, 0.2) is 61.2 Å². The average molecular weight is 338 g/mol. The molecule has 0 aromatic heterocycles. The number of rotatable bonds is 3. The number of halogens is 1. The van der Waals surface area contributed by atoms with Gasteiger partial charge < -0.3 is 9.80 Å². The molecule has 3 rings (SSSR count). The standard InChI is InChI=1S/C20H19FN2O2/c1-2-19(24)22-10-12-23(13-11-22)20(25)16-8-9-17(18(21)14-16)15-6-4-3-5-7-15/h2-9,14H,1,10-13H2. The Morgan fingerprint density at radius 3 is 2.20 bits per heavy atom. The number of carbonyl (C=O) groups excluding carboxylic acids is 2. The van der Waals surface area contributed by atoms with Crippen LogP contribution in [-0.4, -0.2) is 47.8 Å². The maximum absolute atomic E-state index is 14.4. The van der Waals surface area contributed by atoms with Crippen molar-refractivity contribution in [3.8, 4) is 11.1 Å². The van der Waals surface area contributed by atoms with E-state index in [2.05, 4.69) is 6.58 Å². The minimum atomic E-state index is -0.419. The summed E-state index contributed by atoms with van der Waals surface area (Å²) in [6.45, 7) is 5.25. The molecule has 1 aliphatic heterocycles. The van der Waals surface area contributed by atoms with E-state index in [9.17, 15) is 14.0 Å². The van der Waals surface area contributed by atoms with Gasteiger partial charge in [0.05, 0.1) is 0 Å². The fourth-order valence-corrected chi connectivity index (χ4v) is 2.94. The van der Waals surface area contributed by atoms with Crippen molar-refractivity contribution in [1.82, 2.24) is 9.80 Å². The Morgan fingerprint density at radius 2 is 1.60 bits per heavy atom. The van der Waals surface area contributed by atoms with Crippen molar-refractivity contribution >= 4 is 11.8 Å².